The minimum Gasteiger partial charge on any atom is -0.466 e. The largest absolute Gasteiger partial charge is 0.466 e. The molecule has 2 atom stereocenters. The SMILES string of the molecule is CCOC(=O)C(C)Cc1nnc(-c2ccncc2)n1C(C#N)CC. The molecule has 0 amide bonds. The van der Waals surface area contributed by atoms with Crippen molar-refractivity contribution in [2.45, 2.75) is 39.7 Å². The minimum absolute atomic E-state index is 0.275. The van der Waals surface area contributed by atoms with Crippen molar-refractivity contribution >= 4 is 5.97 Å². The predicted molar refractivity (Wildman–Crippen MR) is 87.7 cm³/mol. The topological polar surface area (TPSA) is 93.7 Å². The van der Waals surface area contributed by atoms with Gasteiger partial charge in [-0.15, -0.1) is 10.2 Å². The van der Waals surface area contributed by atoms with Gasteiger partial charge >= 0.3 is 5.97 Å². The fourth-order valence-electron chi connectivity index (χ4n) is 2.46. The number of ether oxygens (including phenoxy) is 1. The van der Waals surface area contributed by atoms with Crippen molar-refractivity contribution in [3.05, 3.63) is 30.4 Å². The first kappa shape index (κ1) is 17.6. The second-order valence-corrected chi connectivity index (χ2v) is 5.46. The molecule has 0 fully saturated rings. The predicted octanol–water partition coefficient (Wildman–Crippen LogP) is 2.56. The lowest BCUT2D eigenvalue weighted by Crippen LogP contribution is -2.20. The summed E-state index contributed by atoms with van der Waals surface area (Å²) in [6.45, 7) is 5.84. The van der Waals surface area contributed by atoms with Crippen molar-refractivity contribution < 1.29 is 9.53 Å². The van der Waals surface area contributed by atoms with Gasteiger partial charge in [-0.1, -0.05) is 13.8 Å². The van der Waals surface area contributed by atoms with E-state index >= 15 is 0 Å². The maximum atomic E-state index is 11.9. The molecule has 0 spiro atoms. The summed E-state index contributed by atoms with van der Waals surface area (Å²) in [4.78, 5) is 15.9. The number of hydrogen-bond donors (Lipinski definition) is 0. The molecule has 7 nitrogen and oxygen atoms in total. The number of aromatic nitrogens is 4. The van der Waals surface area contributed by atoms with Crippen molar-refractivity contribution in [3.8, 4) is 17.5 Å². The molecule has 0 aliphatic rings. The Kier molecular flexibility index (Phi) is 6.01. The summed E-state index contributed by atoms with van der Waals surface area (Å²) in [6.07, 6.45) is 4.33. The molecule has 2 heterocycles. The third-order valence-electron chi connectivity index (χ3n) is 3.73. The first-order valence-electron chi connectivity index (χ1n) is 8.02. The smallest absolute Gasteiger partial charge is 0.309 e. The standard InChI is InChI=1S/C17H21N5O2/c1-4-14(11-18)22-15(10-12(3)17(23)24-5-2)20-21-16(22)13-6-8-19-9-7-13/h6-9,12,14H,4-5,10H2,1-3H3. The van der Waals surface area contributed by atoms with Crippen molar-refractivity contribution in [1.82, 2.24) is 19.7 Å². The Morgan fingerprint density at radius 2 is 2.04 bits per heavy atom. The quantitative estimate of drug-likeness (QED) is 0.725. The van der Waals surface area contributed by atoms with Crippen LogP contribution in [0.15, 0.2) is 24.5 Å². The molecule has 0 aliphatic carbocycles. The first-order valence-corrected chi connectivity index (χ1v) is 8.02. The average Bonchev–Trinajstić information content (AvgIpc) is 3.00. The van der Waals surface area contributed by atoms with Crippen molar-refractivity contribution in [3.63, 3.8) is 0 Å². The van der Waals surface area contributed by atoms with E-state index in [4.69, 9.17) is 4.74 Å². The molecule has 2 aromatic heterocycles. The summed E-state index contributed by atoms with van der Waals surface area (Å²) < 4.78 is 6.86. The highest BCUT2D eigenvalue weighted by Gasteiger charge is 2.24. The number of pyridine rings is 1. The van der Waals surface area contributed by atoms with E-state index in [0.29, 0.717) is 31.1 Å². The van der Waals surface area contributed by atoms with Gasteiger partial charge in [-0.3, -0.25) is 14.3 Å². The molecule has 0 radical (unpaired) electrons. The Morgan fingerprint density at radius 3 is 2.62 bits per heavy atom. The van der Waals surface area contributed by atoms with Gasteiger partial charge in [-0.2, -0.15) is 5.26 Å². The highest BCUT2D eigenvalue weighted by molar-refractivity contribution is 5.72. The van der Waals surface area contributed by atoms with Gasteiger partial charge in [0.15, 0.2) is 5.82 Å². The second kappa shape index (κ2) is 8.20. The summed E-state index contributed by atoms with van der Waals surface area (Å²) >= 11 is 0. The highest BCUT2D eigenvalue weighted by Crippen LogP contribution is 2.25. The van der Waals surface area contributed by atoms with Crippen LogP contribution in [0.4, 0.5) is 0 Å². The number of hydrogen-bond acceptors (Lipinski definition) is 6. The molecule has 126 valence electrons. The number of carbonyl (C=O) groups is 1. The number of rotatable bonds is 7. The lowest BCUT2D eigenvalue weighted by Gasteiger charge is -2.16. The van der Waals surface area contributed by atoms with E-state index < -0.39 is 6.04 Å². The Labute approximate surface area is 141 Å². The molecular formula is C17H21N5O2. The van der Waals surface area contributed by atoms with Crippen LogP contribution in [-0.2, 0) is 16.0 Å². The third-order valence-corrected chi connectivity index (χ3v) is 3.73. The van der Waals surface area contributed by atoms with Crippen LogP contribution in [0.5, 0.6) is 0 Å². The van der Waals surface area contributed by atoms with Gasteiger partial charge in [-0.25, -0.2) is 0 Å². The van der Waals surface area contributed by atoms with Crippen molar-refractivity contribution in [2.24, 2.45) is 5.92 Å². The second-order valence-electron chi connectivity index (χ2n) is 5.46. The molecular weight excluding hydrogens is 306 g/mol. The van der Waals surface area contributed by atoms with Gasteiger partial charge < -0.3 is 4.74 Å². The molecule has 0 aromatic carbocycles. The Bertz CT molecular complexity index is 720. The fraction of sp³-hybridized carbons (Fsp3) is 0.471. The molecule has 0 N–H and O–H groups in total. The van der Waals surface area contributed by atoms with Gasteiger partial charge in [0.2, 0.25) is 0 Å². The Hall–Kier alpha value is -2.75. The van der Waals surface area contributed by atoms with E-state index in [1.807, 2.05) is 23.6 Å². The Balaban J connectivity index is 2.40. The normalized spacial score (nSPS) is 13.1. The van der Waals surface area contributed by atoms with Gasteiger partial charge in [0.05, 0.1) is 18.6 Å². The molecule has 24 heavy (non-hydrogen) atoms. The minimum atomic E-state index is -0.396. The van der Waals surface area contributed by atoms with Crippen LogP contribution in [0.25, 0.3) is 11.4 Å². The molecule has 0 bridgehead atoms. The summed E-state index contributed by atoms with van der Waals surface area (Å²) in [7, 11) is 0. The summed E-state index contributed by atoms with van der Waals surface area (Å²) in [5, 5.41) is 18.0. The zero-order valence-electron chi connectivity index (χ0n) is 14.1. The van der Waals surface area contributed by atoms with Crippen LogP contribution < -0.4 is 0 Å². The first-order chi connectivity index (χ1) is 11.6. The van der Waals surface area contributed by atoms with Gasteiger partial charge in [-0.05, 0) is 25.5 Å². The van der Waals surface area contributed by atoms with Gasteiger partial charge in [0, 0.05) is 24.4 Å². The molecule has 0 saturated heterocycles. The fourth-order valence-corrected chi connectivity index (χ4v) is 2.46. The molecule has 7 heteroatoms. The number of nitrogens with zero attached hydrogens (tertiary/aromatic N) is 5. The number of esters is 1. The zero-order chi connectivity index (χ0) is 17.5. The van der Waals surface area contributed by atoms with Crippen molar-refractivity contribution in [2.75, 3.05) is 6.61 Å². The highest BCUT2D eigenvalue weighted by atomic mass is 16.5. The van der Waals surface area contributed by atoms with E-state index in [2.05, 4.69) is 21.3 Å². The summed E-state index contributed by atoms with van der Waals surface area (Å²) in [6, 6.07) is 5.53. The van der Waals surface area contributed by atoms with Gasteiger partial charge in [0.1, 0.15) is 11.9 Å². The van der Waals surface area contributed by atoms with Gasteiger partial charge in [0.25, 0.3) is 0 Å². The van der Waals surface area contributed by atoms with Crippen LogP contribution in [0.2, 0.25) is 0 Å². The number of nitriles is 1. The van der Waals surface area contributed by atoms with Crippen LogP contribution in [0.1, 0.15) is 39.1 Å². The van der Waals surface area contributed by atoms with Crippen LogP contribution in [-0.4, -0.2) is 32.3 Å². The maximum Gasteiger partial charge on any atom is 0.309 e. The van der Waals surface area contributed by atoms with E-state index in [1.165, 1.54) is 0 Å². The zero-order valence-corrected chi connectivity index (χ0v) is 14.1. The summed E-state index contributed by atoms with van der Waals surface area (Å²) in [5.74, 6) is 0.588. The van der Waals surface area contributed by atoms with Crippen LogP contribution >= 0.6 is 0 Å². The van der Waals surface area contributed by atoms with Crippen molar-refractivity contribution in [1.29, 1.82) is 5.26 Å². The lowest BCUT2D eigenvalue weighted by molar-refractivity contribution is -0.147. The maximum absolute atomic E-state index is 11.9. The molecule has 0 aliphatic heterocycles. The average molecular weight is 327 g/mol. The number of carbonyl (C=O) groups excluding carboxylic acids is 1. The van der Waals surface area contributed by atoms with E-state index in [0.717, 1.165) is 5.56 Å². The van der Waals surface area contributed by atoms with E-state index in [9.17, 15) is 10.1 Å². The molecule has 2 rings (SSSR count). The monoisotopic (exact) mass is 327 g/mol. The lowest BCUT2D eigenvalue weighted by atomic mass is 10.1. The van der Waals surface area contributed by atoms with E-state index in [-0.39, 0.29) is 11.9 Å². The summed E-state index contributed by atoms with van der Waals surface area (Å²) in [5.41, 5.74) is 0.834. The van der Waals surface area contributed by atoms with E-state index in [1.54, 1.807) is 26.2 Å². The molecule has 2 unspecified atom stereocenters. The Morgan fingerprint density at radius 1 is 1.33 bits per heavy atom. The molecule has 2 aromatic rings. The van der Waals surface area contributed by atoms with Crippen LogP contribution in [0.3, 0.4) is 0 Å². The molecule has 0 saturated carbocycles. The third kappa shape index (κ3) is 3.77. The van der Waals surface area contributed by atoms with Crippen LogP contribution in [0, 0.1) is 17.2 Å².